The van der Waals surface area contributed by atoms with Gasteiger partial charge >= 0.3 is 0 Å². The predicted molar refractivity (Wildman–Crippen MR) is 119 cm³/mol. The van der Waals surface area contributed by atoms with E-state index in [2.05, 4.69) is 5.32 Å². The molecule has 30 heavy (non-hydrogen) atoms. The van der Waals surface area contributed by atoms with Gasteiger partial charge < -0.3 is 15.3 Å². The first-order chi connectivity index (χ1) is 14.6. The Balaban J connectivity index is 1.96. The minimum atomic E-state index is -0.353. The highest BCUT2D eigenvalue weighted by Gasteiger charge is 2.22. The smallest absolute Gasteiger partial charge is 0.274 e. The van der Waals surface area contributed by atoms with Crippen LogP contribution >= 0.6 is 0 Å². The maximum absolute atomic E-state index is 13.5. The van der Waals surface area contributed by atoms with Crippen LogP contribution in [-0.4, -0.2) is 23.5 Å². The summed E-state index contributed by atoms with van der Waals surface area (Å²) in [4.78, 5) is 27.8. The second kappa shape index (κ2) is 10.1. The maximum atomic E-state index is 13.5. The summed E-state index contributed by atoms with van der Waals surface area (Å²) in [6.45, 7) is 2.45. The quantitative estimate of drug-likeness (QED) is 0.569. The molecule has 0 saturated heterocycles. The van der Waals surface area contributed by atoms with Gasteiger partial charge in [0.1, 0.15) is 11.4 Å². The Bertz CT molecular complexity index is 1010. The van der Waals surface area contributed by atoms with Gasteiger partial charge in [0.15, 0.2) is 0 Å². The van der Waals surface area contributed by atoms with E-state index in [0.29, 0.717) is 17.8 Å². The molecule has 0 aliphatic rings. The standard InChI is InChI=1S/C25H24N2O3/c1-2-17-27(21-13-15-22(28)16-14-21)25(30)23(18-19-9-5-3-6-10-19)26-24(29)20-11-7-4-8-12-20/h3-16,18,28H,2,17H2,1H3,(H,26,29)/b23-18+. The molecular weight excluding hydrogens is 376 g/mol. The third kappa shape index (κ3) is 5.35. The van der Waals surface area contributed by atoms with Gasteiger partial charge in [-0.05, 0) is 54.5 Å². The number of hydrogen-bond acceptors (Lipinski definition) is 3. The minimum absolute atomic E-state index is 0.125. The highest BCUT2D eigenvalue weighted by molar-refractivity contribution is 6.11. The topological polar surface area (TPSA) is 69.6 Å². The number of hydrogen-bond donors (Lipinski definition) is 2. The van der Waals surface area contributed by atoms with Crippen LogP contribution in [0.2, 0.25) is 0 Å². The maximum Gasteiger partial charge on any atom is 0.274 e. The molecule has 3 aromatic rings. The van der Waals surface area contributed by atoms with Crippen molar-refractivity contribution in [2.24, 2.45) is 0 Å². The monoisotopic (exact) mass is 400 g/mol. The number of amides is 2. The summed E-state index contributed by atoms with van der Waals surface area (Å²) >= 11 is 0. The fourth-order valence-electron chi connectivity index (χ4n) is 3.00. The van der Waals surface area contributed by atoms with E-state index in [0.717, 1.165) is 12.0 Å². The van der Waals surface area contributed by atoms with E-state index in [1.807, 2.05) is 43.3 Å². The SMILES string of the molecule is CCCN(C(=O)/C(=C\c1ccccc1)NC(=O)c1ccccc1)c1ccc(O)cc1. The lowest BCUT2D eigenvalue weighted by atomic mass is 10.1. The second-order valence-corrected chi connectivity index (χ2v) is 6.76. The van der Waals surface area contributed by atoms with Crippen LogP contribution in [-0.2, 0) is 4.79 Å². The molecule has 2 N–H and O–H groups in total. The zero-order valence-corrected chi connectivity index (χ0v) is 16.8. The van der Waals surface area contributed by atoms with E-state index in [1.165, 1.54) is 12.1 Å². The molecule has 0 bridgehead atoms. The third-order valence-electron chi connectivity index (χ3n) is 4.48. The van der Waals surface area contributed by atoms with Crippen LogP contribution in [0.15, 0.2) is 90.6 Å². The number of nitrogens with zero attached hydrogens (tertiary/aromatic N) is 1. The van der Waals surface area contributed by atoms with Gasteiger partial charge in [-0.15, -0.1) is 0 Å². The van der Waals surface area contributed by atoms with E-state index in [4.69, 9.17) is 0 Å². The zero-order chi connectivity index (χ0) is 21.3. The van der Waals surface area contributed by atoms with Crippen LogP contribution in [0.4, 0.5) is 5.69 Å². The molecule has 2 amide bonds. The molecule has 0 unspecified atom stereocenters. The van der Waals surface area contributed by atoms with Gasteiger partial charge in [-0.1, -0.05) is 55.5 Å². The highest BCUT2D eigenvalue weighted by Crippen LogP contribution is 2.21. The van der Waals surface area contributed by atoms with E-state index in [1.54, 1.807) is 47.4 Å². The number of phenolic OH excluding ortho intramolecular Hbond substituents is 1. The molecule has 0 atom stereocenters. The largest absolute Gasteiger partial charge is 0.508 e. The summed E-state index contributed by atoms with van der Waals surface area (Å²) in [5, 5.41) is 12.4. The number of phenols is 1. The molecule has 3 aromatic carbocycles. The van der Waals surface area contributed by atoms with Crippen molar-refractivity contribution in [1.29, 1.82) is 0 Å². The number of benzene rings is 3. The molecule has 152 valence electrons. The summed E-state index contributed by atoms with van der Waals surface area (Å²) in [7, 11) is 0. The molecule has 0 saturated carbocycles. The summed E-state index contributed by atoms with van der Waals surface area (Å²) in [5.41, 5.74) is 2.09. The summed E-state index contributed by atoms with van der Waals surface area (Å²) in [6, 6.07) is 24.6. The Hall–Kier alpha value is -3.86. The Kier molecular flexibility index (Phi) is 7.00. The first-order valence-corrected chi connectivity index (χ1v) is 9.82. The molecule has 3 rings (SSSR count). The fraction of sp³-hybridized carbons (Fsp3) is 0.120. The van der Waals surface area contributed by atoms with Crippen LogP contribution < -0.4 is 10.2 Å². The number of carbonyl (C=O) groups is 2. The molecular formula is C25H24N2O3. The van der Waals surface area contributed by atoms with Gasteiger partial charge in [0.05, 0.1) is 0 Å². The lowest BCUT2D eigenvalue weighted by Gasteiger charge is -2.24. The number of carbonyl (C=O) groups excluding carboxylic acids is 2. The van der Waals surface area contributed by atoms with Crippen molar-refractivity contribution in [2.45, 2.75) is 13.3 Å². The molecule has 5 nitrogen and oxygen atoms in total. The van der Waals surface area contributed by atoms with Gasteiger partial charge in [-0.2, -0.15) is 0 Å². The Labute approximate surface area is 176 Å². The molecule has 0 aliphatic heterocycles. The normalized spacial score (nSPS) is 11.0. The molecule has 0 radical (unpaired) electrons. The van der Waals surface area contributed by atoms with Crippen LogP contribution in [0.5, 0.6) is 5.75 Å². The van der Waals surface area contributed by atoms with Gasteiger partial charge in [-0.3, -0.25) is 9.59 Å². The number of nitrogens with one attached hydrogen (secondary N) is 1. The molecule has 0 spiro atoms. The predicted octanol–water partition coefficient (Wildman–Crippen LogP) is 4.61. The van der Waals surface area contributed by atoms with Gasteiger partial charge in [0, 0.05) is 17.8 Å². The third-order valence-corrected chi connectivity index (χ3v) is 4.48. The van der Waals surface area contributed by atoms with Crippen molar-refractivity contribution < 1.29 is 14.7 Å². The van der Waals surface area contributed by atoms with E-state index in [9.17, 15) is 14.7 Å². The summed E-state index contributed by atoms with van der Waals surface area (Å²) in [5.74, 6) is -0.552. The molecule has 0 heterocycles. The molecule has 0 aliphatic carbocycles. The van der Waals surface area contributed by atoms with Crippen molar-refractivity contribution in [3.8, 4) is 5.75 Å². The molecule has 0 fully saturated rings. The highest BCUT2D eigenvalue weighted by atomic mass is 16.3. The average molecular weight is 400 g/mol. The van der Waals surface area contributed by atoms with Crippen LogP contribution in [0, 0.1) is 0 Å². The van der Waals surface area contributed by atoms with Gasteiger partial charge in [0.25, 0.3) is 11.8 Å². The average Bonchev–Trinajstić information content (AvgIpc) is 2.78. The van der Waals surface area contributed by atoms with Crippen LogP contribution in [0.3, 0.4) is 0 Å². The first-order valence-electron chi connectivity index (χ1n) is 9.82. The molecule has 5 heteroatoms. The van der Waals surface area contributed by atoms with Crippen molar-refractivity contribution in [3.05, 3.63) is 102 Å². The Morgan fingerprint density at radius 1 is 0.900 bits per heavy atom. The number of anilines is 1. The lowest BCUT2D eigenvalue weighted by Crippen LogP contribution is -2.39. The van der Waals surface area contributed by atoms with Crippen molar-refractivity contribution in [3.63, 3.8) is 0 Å². The zero-order valence-electron chi connectivity index (χ0n) is 16.8. The fourth-order valence-corrected chi connectivity index (χ4v) is 3.00. The Morgan fingerprint density at radius 3 is 2.10 bits per heavy atom. The van der Waals surface area contributed by atoms with Crippen LogP contribution in [0.25, 0.3) is 6.08 Å². The van der Waals surface area contributed by atoms with Crippen molar-refractivity contribution >= 4 is 23.6 Å². The number of rotatable bonds is 7. The summed E-state index contributed by atoms with van der Waals surface area (Å²) in [6.07, 6.45) is 2.41. The summed E-state index contributed by atoms with van der Waals surface area (Å²) < 4.78 is 0. The van der Waals surface area contributed by atoms with E-state index in [-0.39, 0.29) is 23.3 Å². The van der Waals surface area contributed by atoms with Crippen molar-refractivity contribution in [1.82, 2.24) is 5.32 Å². The lowest BCUT2D eigenvalue weighted by molar-refractivity contribution is -0.115. The van der Waals surface area contributed by atoms with Gasteiger partial charge in [0.2, 0.25) is 0 Å². The number of aromatic hydroxyl groups is 1. The van der Waals surface area contributed by atoms with Crippen molar-refractivity contribution in [2.75, 3.05) is 11.4 Å². The molecule has 0 aromatic heterocycles. The van der Waals surface area contributed by atoms with E-state index < -0.39 is 0 Å². The Morgan fingerprint density at radius 2 is 1.50 bits per heavy atom. The first kappa shape index (κ1) is 20.9. The second-order valence-electron chi connectivity index (χ2n) is 6.76. The van der Waals surface area contributed by atoms with Crippen LogP contribution in [0.1, 0.15) is 29.3 Å². The van der Waals surface area contributed by atoms with E-state index >= 15 is 0 Å². The van der Waals surface area contributed by atoms with Gasteiger partial charge in [-0.25, -0.2) is 0 Å². The minimum Gasteiger partial charge on any atom is -0.508 e.